The summed E-state index contributed by atoms with van der Waals surface area (Å²) >= 11 is 6.41. The lowest BCUT2D eigenvalue weighted by atomic mass is 10.1. The highest BCUT2D eigenvalue weighted by molar-refractivity contribution is 6.33. The second kappa shape index (κ2) is 8.26. The number of rotatable bonds is 4. The molecule has 1 aliphatic rings. The fraction of sp³-hybridized carbons (Fsp3) is 0.174. The fourth-order valence-electron chi connectivity index (χ4n) is 3.57. The molecule has 4 aromatic rings. The van der Waals surface area contributed by atoms with Gasteiger partial charge >= 0.3 is 0 Å². The maximum absolute atomic E-state index is 6.41. The van der Waals surface area contributed by atoms with E-state index in [4.69, 9.17) is 16.3 Å². The van der Waals surface area contributed by atoms with E-state index in [-0.39, 0.29) is 0 Å². The topological polar surface area (TPSA) is 63.2 Å². The van der Waals surface area contributed by atoms with Gasteiger partial charge in [0.1, 0.15) is 0 Å². The highest BCUT2D eigenvalue weighted by Crippen LogP contribution is 2.29. The number of pyridine rings is 1. The summed E-state index contributed by atoms with van der Waals surface area (Å²) in [5.74, 6) is 0.500. The number of aromatic nitrogens is 3. The van der Waals surface area contributed by atoms with Crippen LogP contribution in [0.1, 0.15) is 0 Å². The number of morpholine rings is 1. The number of hydrogen-bond acceptors (Lipinski definition) is 6. The van der Waals surface area contributed by atoms with Gasteiger partial charge in [-0.3, -0.25) is 4.98 Å². The number of nitrogens with one attached hydrogen (secondary N) is 1. The van der Waals surface area contributed by atoms with Crippen molar-refractivity contribution in [2.24, 2.45) is 0 Å². The van der Waals surface area contributed by atoms with Crippen LogP contribution in [0.25, 0.3) is 22.0 Å². The van der Waals surface area contributed by atoms with E-state index >= 15 is 0 Å². The molecular formula is C23H20ClN5O. The molecule has 150 valence electrons. The third-order valence-corrected chi connectivity index (χ3v) is 5.43. The van der Waals surface area contributed by atoms with Gasteiger partial charge in [-0.05, 0) is 41.8 Å². The first-order chi connectivity index (χ1) is 14.8. The minimum atomic E-state index is 0.500. The van der Waals surface area contributed by atoms with Gasteiger partial charge in [0, 0.05) is 47.8 Å². The normalized spacial score (nSPS) is 14.1. The number of halogens is 1. The van der Waals surface area contributed by atoms with Gasteiger partial charge in [-0.1, -0.05) is 23.7 Å². The molecule has 0 aliphatic carbocycles. The van der Waals surface area contributed by atoms with Gasteiger partial charge < -0.3 is 15.0 Å². The number of ether oxygens (including phenoxy) is 1. The Morgan fingerprint density at radius 1 is 0.933 bits per heavy atom. The molecule has 0 atom stereocenters. The summed E-state index contributed by atoms with van der Waals surface area (Å²) < 4.78 is 5.42. The molecule has 0 spiro atoms. The minimum Gasteiger partial charge on any atom is -0.378 e. The van der Waals surface area contributed by atoms with Crippen molar-refractivity contribution in [1.29, 1.82) is 0 Å². The van der Waals surface area contributed by atoms with Crippen LogP contribution in [0.2, 0.25) is 5.02 Å². The number of benzene rings is 2. The van der Waals surface area contributed by atoms with Crippen molar-refractivity contribution in [3.63, 3.8) is 0 Å². The zero-order valence-corrected chi connectivity index (χ0v) is 17.0. The summed E-state index contributed by atoms with van der Waals surface area (Å²) in [5.41, 5.74) is 3.72. The molecule has 6 nitrogen and oxygen atoms in total. The number of hydrogen-bond donors (Lipinski definition) is 1. The van der Waals surface area contributed by atoms with Crippen molar-refractivity contribution < 1.29 is 4.74 Å². The Balaban J connectivity index is 1.39. The highest BCUT2D eigenvalue weighted by atomic mass is 35.5. The van der Waals surface area contributed by atoms with Crippen LogP contribution in [0.15, 0.2) is 67.1 Å². The van der Waals surface area contributed by atoms with Gasteiger partial charge in [-0.15, -0.1) is 0 Å². The summed E-state index contributed by atoms with van der Waals surface area (Å²) in [5, 5.41) is 5.94. The minimum absolute atomic E-state index is 0.500. The Morgan fingerprint density at radius 2 is 1.77 bits per heavy atom. The Hall–Kier alpha value is -3.22. The Morgan fingerprint density at radius 3 is 2.60 bits per heavy atom. The van der Waals surface area contributed by atoms with Crippen molar-refractivity contribution in [2.45, 2.75) is 0 Å². The van der Waals surface area contributed by atoms with E-state index in [1.54, 1.807) is 12.4 Å². The first-order valence-electron chi connectivity index (χ1n) is 9.83. The molecule has 1 saturated heterocycles. The Labute approximate surface area is 179 Å². The predicted octanol–water partition coefficient (Wildman–Crippen LogP) is 4.93. The molecule has 3 heterocycles. The zero-order valence-electron chi connectivity index (χ0n) is 16.3. The Kier molecular flexibility index (Phi) is 5.17. The standard InChI is InChI=1S/C23H20ClN5O/c24-21-15-26-23(27-19-3-5-20(6-4-19)29-9-11-30-12-10-29)28-22(21)17-2-1-16-7-8-25-14-18(16)13-17/h1-8,13-15H,9-12H2,(H,26,27,28). The van der Waals surface area contributed by atoms with Crippen LogP contribution in [-0.2, 0) is 4.74 Å². The van der Waals surface area contributed by atoms with Crippen LogP contribution in [-0.4, -0.2) is 41.3 Å². The molecule has 0 amide bonds. The van der Waals surface area contributed by atoms with E-state index in [9.17, 15) is 0 Å². The van der Waals surface area contributed by atoms with Gasteiger partial charge in [0.25, 0.3) is 0 Å². The smallest absolute Gasteiger partial charge is 0.227 e. The quantitative estimate of drug-likeness (QED) is 0.508. The second-order valence-corrected chi connectivity index (χ2v) is 7.51. The lowest BCUT2D eigenvalue weighted by Crippen LogP contribution is -2.36. The summed E-state index contributed by atoms with van der Waals surface area (Å²) in [6, 6.07) is 16.3. The summed E-state index contributed by atoms with van der Waals surface area (Å²) in [6.07, 6.45) is 5.25. The number of anilines is 3. The van der Waals surface area contributed by atoms with E-state index in [1.807, 2.05) is 42.6 Å². The van der Waals surface area contributed by atoms with Crippen molar-refractivity contribution in [3.8, 4) is 11.3 Å². The van der Waals surface area contributed by atoms with E-state index < -0.39 is 0 Å². The summed E-state index contributed by atoms with van der Waals surface area (Å²) in [6.45, 7) is 3.37. The SMILES string of the molecule is Clc1cnc(Nc2ccc(N3CCOCC3)cc2)nc1-c1ccc2ccncc2c1. The molecule has 1 fully saturated rings. The lowest BCUT2D eigenvalue weighted by molar-refractivity contribution is 0.122. The third-order valence-electron chi connectivity index (χ3n) is 5.16. The molecular weight excluding hydrogens is 398 g/mol. The fourth-order valence-corrected chi connectivity index (χ4v) is 3.77. The third kappa shape index (κ3) is 3.92. The van der Waals surface area contributed by atoms with E-state index in [0.717, 1.165) is 48.3 Å². The molecule has 0 bridgehead atoms. The summed E-state index contributed by atoms with van der Waals surface area (Å²) in [4.78, 5) is 15.5. The van der Waals surface area contributed by atoms with E-state index in [0.29, 0.717) is 16.7 Å². The molecule has 2 aromatic heterocycles. The van der Waals surface area contributed by atoms with Gasteiger partial charge in [-0.25, -0.2) is 9.97 Å². The van der Waals surface area contributed by atoms with Crippen molar-refractivity contribution in [1.82, 2.24) is 15.0 Å². The van der Waals surface area contributed by atoms with E-state index in [2.05, 4.69) is 37.3 Å². The number of nitrogens with zero attached hydrogens (tertiary/aromatic N) is 4. The summed E-state index contributed by atoms with van der Waals surface area (Å²) in [7, 11) is 0. The maximum Gasteiger partial charge on any atom is 0.227 e. The van der Waals surface area contributed by atoms with Gasteiger partial charge in [0.15, 0.2) is 0 Å². The molecule has 2 aromatic carbocycles. The lowest BCUT2D eigenvalue weighted by Gasteiger charge is -2.28. The molecule has 30 heavy (non-hydrogen) atoms. The maximum atomic E-state index is 6.41. The van der Waals surface area contributed by atoms with Crippen LogP contribution in [0.4, 0.5) is 17.3 Å². The van der Waals surface area contributed by atoms with E-state index in [1.165, 1.54) is 5.69 Å². The van der Waals surface area contributed by atoms with Crippen LogP contribution in [0.3, 0.4) is 0 Å². The largest absolute Gasteiger partial charge is 0.378 e. The average molecular weight is 418 g/mol. The van der Waals surface area contributed by atoms with Gasteiger partial charge in [-0.2, -0.15) is 0 Å². The zero-order chi connectivity index (χ0) is 20.3. The monoisotopic (exact) mass is 417 g/mol. The Bertz CT molecular complexity index is 1180. The van der Waals surface area contributed by atoms with Crippen molar-refractivity contribution in [3.05, 3.63) is 72.1 Å². The molecule has 1 N–H and O–H groups in total. The molecule has 0 unspecified atom stereocenters. The molecule has 0 radical (unpaired) electrons. The molecule has 7 heteroatoms. The van der Waals surface area contributed by atoms with Gasteiger partial charge in [0.05, 0.1) is 30.1 Å². The first kappa shape index (κ1) is 18.8. The van der Waals surface area contributed by atoms with Crippen LogP contribution < -0.4 is 10.2 Å². The molecule has 5 rings (SSSR count). The number of fused-ring (bicyclic) bond motifs is 1. The van der Waals surface area contributed by atoms with Gasteiger partial charge in [0.2, 0.25) is 5.95 Å². The molecule has 0 saturated carbocycles. The first-order valence-corrected chi connectivity index (χ1v) is 10.2. The predicted molar refractivity (Wildman–Crippen MR) is 121 cm³/mol. The van der Waals surface area contributed by atoms with Crippen LogP contribution >= 0.6 is 11.6 Å². The van der Waals surface area contributed by atoms with Crippen LogP contribution in [0, 0.1) is 0 Å². The molecule has 1 aliphatic heterocycles. The average Bonchev–Trinajstić information content (AvgIpc) is 2.81. The second-order valence-electron chi connectivity index (χ2n) is 7.10. The van der Waals surface area contributed by atoms with Crippen molar-refractivity contribution >= 4 is 39.7 Å². The highest BCUT2D eigenvalue weighted by Gasteiger charge is 2.12. The van der Waals surface area contributed by atoms with Crippen molar-refractivity contribution in [2.75, 3.05) is 36.5 Å². The van der Waals surface area contributed by atoms with Crippen LogP contribution in [0.5, 0.6) is 0 Å².